The number of ketones is 1. The fourth-order valence-corrected chi connectivity index (χ4v) is 3.22. The third-order valence-electron chi connectivity index (χ3n) is 4.92. The van der Waals surface area contributed by atoms with E-state index < -0.39 is 0 Å². The molecular formula is C22H38N2O5. The molecule has 0 bridgehead atoms. The number of Topliss-reactive ketones (excluding diaryl/α,β-unsaturated/α-hetero) is 1. The highest BCUT2D eigenvalue weighted by atomic mass is 16.5. The summed E-state index contributed by atoms with van der Waals surface area (Å²) < 4.78 is 5.45. The summed E-state index contributed by atoms with van der Waals surface area (Å²) in [5, 5.41) is 2.83. The second-order valence-corrected chi connectivity index (χ2v) is 10.1. The zero-order valence-electron chi connectivity index (χ0n) is 18.9. The Morgan fingerprint density at radius 1 is 1.07 bits per heavy atom. The molecule has 0 aromatic heterocycles. The van der Waals surface area contributed by atoms with Gasteiger partial charge in [-0.1, -0.05) is 41.5 Å². The van der Waals surface area contributed by atoms with Crippen molar-refractivity contribution >= 4 is 23.5 Å². The number of imide groups is 1. The maximum absolute atomic E-state index is 12.4. The second-order valence-electron chi connectivity index (χ2n) is 10.1. The van der Waals surface area contributed by atoms with Crippen LogP contribution in [0.2, 0.25) is 0 Å². The van der Waals surface area contributed by atoms with Gasteiger partial charge in [-0.25, -0.2) is 0 Å². The van der Waals surface area contributed by atoms with Gasteiger partial charge in [0, 0.05) is 32.2 Å². The van der Waals surface area contributed by atoms with Crippen LogP contribution in [0.25, 0.3) is 0 Å². The van der Waals surface area contributed by atoms with Crippen molar-refractivity contribution in [3.8, 4) is 0 Å². The van der Waals surface area contributed by atoms with Crippen LogP contribution >= 0.6 is 0 Å². The van der Waals surface area contributed by atoms with Crippen LogP contribution in [-0.2, 0) is 23.9 Å². The number of nitrogens with zero attached hydrogens (tertiary/aromatic N) is 1. The molecule has 7 nitrogen and oxygen atoms in total. The van der Waals surface area contributed by atoms with Crippen LogP contribution in [0.3, 0.4) is 0 Å². The molecule has 1 heterocycles. The van der Waals surface area contributed by atoms with Crippen molar-refractivity contribution in [3.05, 3.63) is 0 Å². The van der Waals surface area contributed by atoms with E-state index in [0.717, 1.165) is 0 Å². The summed E-state index contributed by atoms with van der Waals surface area (Å²) in [5.74, 6) is -0.469. The zero-order valence-corrected chi connectivity index (χ0v) is 18.9. The summed E-state index contributed by atoms with van der Waals surface area (Å²) in [5.41, 5.74) is -0.282. The largest absolute Gasteiger partial charge is 0.379 e. The predicted octanol–water partition coefficient (Wildman–Crippen LogP) is 2.72. The number of ether oxygens (including phenoxy) is 1. The first-order valence-electron chi connectivity index (χ1n) is 10.5. The summed E-state index contributed by atoms with van der Waals surface area (Å²) in [6, 6.07) is 0. The molecule has 0 aromatic carbocycles. The third-order valence-corrected chi connectivity index (χ3v) is 4.92. The zero-order chi connectivity index (χ0) is 22.2. The molecule has 1 atom stereocenters. The average molecular weight is 411 g/mol. The number of hydrogen-bond acceptors (Lipinski definition) is 5. The van der Waals surface area contributed by atoms with Gasteiger partial charge in [0.2, 0.25) is 17.7 Å². The van der Waals surface area contributed by atoms with E-state index in [1.165, 1.54) is 4.90 Å². The van der Waals surface area contributed by atoms with Gasteiger partial charge >= 0.3 is 0 Å². The molecule has 166 valence electrons. The summed E-state index contributed by atoms with van der Waals surface area (Å²) in [6.45, 7) is 13.2. The first kappa shape index (κ1) is 25.3. The van der Waals surface area contributed by atoms with E-state index in [4.69, 9.17) is 4.74 Å². The Balaban J connectivity index is 2.13. The Morgan fingerprint density at radius 3 is 2.28 bits per heavy atom. The van der Waals surface area contributed by atoms with Gasteiger partial charge in [-0.3, -0.25) is 24.1 Å². The first-order chi connectivity index (χ1) is 13.3. The molecule has 3 amide bonds. The van der Waals surface area contributed by atoms with E-state index >= 15 is 0 Å². The lowest BCUT2D eigenvalue weighted by atomic mass is 9.80. The summed E-state index contributed by atoms with van der Waals surface area (Å²) in [4.78, 5) is 49.3. The third kappa shape index (κ3) is 9.52. The predicted molar refractivity (Wildman–Crippen MR) is 111 cm³/mol. The quantitative estimate of drug-likeness (QED) is 0.418. The van der Waals surface area contributed by atoms with Gasteiger partial charge in [-0.2, -0.15) is 0 Å². The number of rotatable bonds is 11. The monoisotopic (exact) mass is 410 g/mol. The lowest BCUT2D eigenvalue weighted by Crippen LogP contribution is -2.36. The van der Waals surface area contributed by atoms with Crippen molar-refractivity contribution in [2.75, 3.05) is 26.3 Å². The summed E-state index contributed by atoms with van der Waals surface area (Å²) in [6.07, 6.45) is 2.03. The molecule has 29 heavy (non-hydrogen) atoms. The molecule has 1 saturated heterocycles. The molecule has 1 aliphatic heterocycles. The number of hydrogen-bond donors (Lipinski definition) is 1. The van der Waals surface area contributed by atoms with Crippen molar-refractivity contribution < 1.29 is 23.9 Å². The highest BCUT2D eigenvalue weighted by molar-refractivity contribution is 6.03. The van der Waals surface area contributed by atoms with E-state index in [9.17, 15) is 19.2 Å². The minimum absolute atomic E-state index is 0.00740. The fourth-order valence-electron chi connectivity index (χ4n) is 3.22. The average Bonchev–Trinajstić information content (AvgIpc) is 2.85. The standard InChI is InChI=1S/C22H38N2O5/c1-21(2,3)15-18(26)23-10-7-8-16(25)9-12-29-13-11-24-19(27)14-17(20(24)28)22(4,5)6/h17H,7-15H2,1-6H3,(H,23,26). The molecule has 0 saturated carbocycles. The highest BCUT2D eigenvalue weighted by Crippen LogP contribution is 2.35. The minimum atomic E-state index is -0.277. The van der Waals surface area contributed by atoms with Crippen molar-refractivity contribution in [1.82, 2.24) is 10.2 Å². The summed E-state index contributed by atoms with van der Waals surface area (Å²) >= 11 is 0. The molecule has 0 radical (unpaired) electrons. The van der Waals surface area contributed by atoms with Gasteiger partial charge in [0.1, 0.15) is 5.78 Å². The molecule has 1 fully saturated rings. The molecule has 0 aromatic rings. The molecular weight excluding hydrogens is 372 g/mol. The molecule has 1 N–H and O–H groups in total. The van der Waals surface area contributed by atoms with E-state index in [1.807, 2.05) is 41.5 Å². The Morgan fingerprint density at radius 2 is 1.72 bits per heavy atom. The molecule has 1 unspecified atom stereocenters. The number of carbonyl (C=O) groups is 4. The minimum Gasteiger partial charge on any atom is -0.379 e. The van der Waals surface area contributed by atoms with Gasteiger partial charge < -0.3 is 10.1 Å². The van der Waals surface area contributed by atoms with E-state index in [1.54, 1.807) is 0 Å². The smallest absolute Gasteiger partial charge is 0.233 e. The van der Waals surface area contributed by atoms with Crippen molar-refractivity contribution in [3.63, 3.8) is 0 Å². The van der Waals surface area contributed by atoms with Crippen LogP contribution < -0.4 is 5.32 Å². The van der Waals surface area contributed by atoms with Gasteiger partial charge in [-0.15, -0.1) is 0 Å². The fraction of sp³-hybridized carbons (Fsp3) is 0.818. The molecule has 1 aliphatic rings. The maximum atomic E-state index is 12.4. The van der Waals surface area contributed by atoms with E-state index in [-0.39, 0.29) is 66.4 Å². The number of likely N-dealkylation sites (tertiary alicyclic amines) is 1. The van der Waals surface area contributed by atoms with Crippen molar-refractivity contribution in [2.45, 2.75) is 73.6 Å². The topological polar surface area (TPSA) is 92.8 Å². The van der Waals surface area contributed by atoms with Crippen LogP contribution in [0.1, 0.15) is 73.6 Å². The molecule has 0 aliphatic carbocycles. The van der Waals surface area contributed by atoms with Gasteiger partial charge in [0.15, 0.2) is 0 Å². The molecule has 1 rings (SSSR count). The Bertz CT molecular complexity index is 601. The Hall–Kier alpha value is -1.76. The van der Waals surface area contributed by atoms with E-state index in [2.05, 4.69) is 5.32 Å². The van der Waals surface area contributed by atoms with Crippen LogP contribution in [-0.4, -0.2) is 54.7 Å². The van der Waals surface area contributed by atoms with Gasteiger partial charge in [0.25, 0.3) is 0 Å². The van der Waals surface area contributed by atoms with Gasteiger partial charge in [-0.05, 0) is 17.3 Å². The number of amides is 3. The SMILES string of the molecule is CC(C)(C)CC(=O)NCCCC(=O)CCOCCN1C(=O)CC(C(C)(C)C)C1=O. The summed E-state index contributed by atoms with van der Waals surface area (Å²) in [7, 11) is 0. The molecule has 7 heteroatoms. The molecule has 0 spiro atoms. The van der Waals surface area contributed by atoms with Crippen molar-refractivity contribution in [2.24, 2.45) is 16.7 Å². The van der Waals surface area contributed by atoms with Crippen LogP contribution in [0.4, 0.5) is 0 Å². The first-order valence-corrected chi connectivity index (χ1v) is 10.5. The lowest BCUT2D eigenvalue weighted by molar-refractivity contribution is -0.141. The van der Waals surface area contributed by atoms with Gasteiger partial charge in [0.05, 0.1) is 25.7 Å². The second kappa shape index (κ2) is 10.9. The highest BCUT2D eigenvalue weighted by Gasteiger charge is 2.44. The number of carbonyl (C=O) groups excluding carboxylic acids is 4. The Labute approximate surface area is 174 Å². The normalized spacial score (nSPS) is 17.7. The van der Waals surface area contributed by atoms with E-state index in [0.29, 0.717) is 32.2 Å². The maximum Gasteiger partial charge on any atom is 0.233 e. The van der Waals surface area contributed by atoms with Crippen LogP contribution in [0, 0.1) is 16.7 Å². The number of nitrogens with one attached hydrogen (secondary N) is 1. The van der Waals surface area contributed by atoms with Crippen LogP contribution in [0.15, 0.2) is 0 Å². The Kier molecular flexibility index (Phi) is 9.46. The lowest BCUT2D eigenvalue weighted by Gasteiger charge is -2.24. The van der Waals surface area contributed by atoms with Crippen LogP contribution in [0.5, 0.6) is 0 Å². The van der Waals surface area contributed by atoms with Crippen molar-refractivity contribution in [1.29, 1.82) is 0 Å².